The average Bonchev–Trinajstić information content (AvgIpc) is 2.69. The molecule has 0 saturated heterocycles. The molecule has 0 fully saturated rings. The molecule has 1 aliphatic rings. The highest BCUT2D eigenvalue weighted by Gasteiger charge is 2.21. The predicted molar refractivity (Wildman–Crippen MR) is 106 cm³/mol. The number of carboxylic acids is 1. The van der Waals surface area contributed by atoms with Crippen LogP contribution in [-0.2, 0) is 11.2 Å². The molecule has 2 aromatic carbocycles. The molecule has 1 aliphatic heterocycles. The lowest BCUT2D eigenvalue weighted by atomic mass is 10.0. The van der Waals surface area contributed by atoms with Gasteiger partial charge in [0.25, 0.3) is 0 Å². The zero-order chi connectivity index (χ0) is 19.4. The molecule has 3 rings (SSSR count). The van der Waals surface area contributed by atoms with Crippen LogP contribution in [-0.4, -0.2) is 33.1 Å². The zero-order valence-electron chi connectivity index (χ0n) is 14.5. The van der Waals surface area contributed by atoms with Gasteiger partial charge in [0, 0.05) is 6.42 Å². The standard InChI is InChI=1S/C21H20O5S/c22-12-17-11-19(27)20(23)18(26-17)10-3-13-1-4-14(5-2-13)15-6-8-16(9-7-15)21(24)25/h1-2,4-9,11,19,22-23,27H,3,10,12H2,(H,24,25). The minimum atomic E-state index is -0.943. The van der Waals surface area contributed by atoms with Crippen LogP contribution in [0.3, 0.4) is 0 Å². The summed E-state index contributed by atoms with van der Waals surface area (Å²) in [7, 11) is 0. The van der Waals surface area contributed by atoms with Gasteiger partial charge in [0.2, 0.25) is 0 Å². The molecule has 3 N–H and O–H groups in total. The van der Waals surface area contributed by atoms with Crippen LogP contribution in [0.2, 0.25) is 0 Å². The largest absolute Gasteiger partial charge is 0.507 e. The molecule has 0 bridgehead atoms. The summed E-state index contributed by atoms with van der Waals surface area (Å²) < 4.78 is 5.51. The van der Waals surface area contributed by atoms with E-state index in [4.69, 9.17) is 9.84 Å². The fraction of sp³-hybridized carbons (Fsp3) is 0.190. The summed E-state index contributed by atoms with van der Waals surface area (Å²) in [5.41, 5.74) is 3.26. The molecule has 0 aliphatic carbocycles. The Balaban J connectivity index is 1.66. The van der Waals surface area contributed by atoms with Gasteiger partial charge in [0.1, 0.15) is 23.9 Å². The molecule has 0 radical (unpaired) electrons. The number of ether oxygens (including phenoxy) is 1. The molecule has 1 unspecified atom stereocenters. The van der Waals surface area contributed by atoms with Crippen molar-refractivity contribution in [2.75, 3.05) is 6.61 Å². The third-order valence-electron chi connectivity index (χ3n) is 4.38. The van der Waals surface area contributed by atoms with Crippen LogP contribution in [0.1, 0.15) is 22.3 Å². The SMILES string of the molecule is O=C(O)c1ccc(-c2ccc(CCC3=C(O)C(S)C=C(CO)O3)cc2)cc1. The first-order chi connectivity index (χ1) is 13.0. The fourth-order valence-corrected chi connectivity index (χ4v) is 3.17. The first kappa shape index (κ1) is 19.1. The molecule has 0 amide bonds. The Hall–Kier alpha value is -2.70. The smallest absolute Gasteiger partial charge is 0.335 e. The quantitative estimate of drug-likeness (QED) is 0.567. The molecule has 1 heterocycles. The summed E-state index contributed by atoms with van der Waals surface area (Å²) in [4.78, 5) is 10.9. The van der Waals surface area contributed by atoms with E-state index in [0.717, 1.165) is 16.7 Å². The summed E-state index contributed by atoms with van der Waals surface area (Å²) in [6, 6.07) is 14.7. The number of thiol groups is 1. The van der Waals surface area contributed by atoms with Gasteiger partial charge in [-0.05, 0) is 41.3 Å². The summed E-state index contributed by atoms with van der Waals surface area (Å²) in [6.07, 6.45) is 2.73. The molecule has 0 aromatic heterocycles. The van der Waals surface area contributed by atoms with Gasteiger partial charge in [0.15, 0.2) is 0 Å². The Bertz CT molecular complexity index is 882. The number of carboxylic acid groups (broad SMARTS) is 1. The summed E-state index contributed by atoms with van der Waals surface area (Å²) in [5, 5.41) is 27.8. The first-order valence-corrected chi connectivity index (χ1v) is 9.01. The maximum atomic E-state index is 10.9. The van der Waals surface area contributed by atoms with Crippen molar-refractivity contribution in [2.45, 2.75) is 18.1 Å². The van der Waals surface area contributed by atoms with Gasteiger partial charge >= 0.3 is 5.97 Å². The van der Waals surface area contributed by atoms with Crippen molar-refractivity contribution in [1.29, 1.82) is 0 Å². The van der Waals surface area contributed by atoms with Gasteiger partial charge in [-0.2, -0.15) is 12.6 Å². The number of aromatic carboxylic acids is 1. The zero-order valence-corrected chi connectivity index (χ0v) is 15.4. The number of carbonyl (C=O) groups is 1. The third kappa shape index (κ3) is 4.53. The van der Waals surface area contributed by atoms with Crippen LogP contribution in [0.5, 0.6) is 0 Å². The number of allylic oxidation sites excluding steroid dienone is 1. The molecular formula is C21H20O5S. The molecular weight excluding hydrogens is 364 g/mol. The van der Waals surface area contributed by atoms with E-state index < -0.39 is 11.2 Å². The molecule has 5 nitrogen and oxygen atoms in total. The van der Waals surface area contributed by atoms with E-state index in [-0.39, 0.29) is 17.9 Å². The van der Waals surface area contributed by atoms with E-state index in [0.29, 0.717) is 24.4 Å². The normalized spacial score (nSPS) is 16.7. The second kappa shape index (κ2) is 8.33. The van der Waals surface area contributed by atoms with Crippen molar-refractivity contribution in [3.8, 4) is 11.1 Å². The van der Waals surface area contributed by atoms with Crippen molar-refractivity contribution in [3.05, 3.63) is 83.0 Å². The van der Waals surface area contributed by atoms with Gasteiger partial charge in [-0.1, -0.05) is 36.4 Å². The maximum absolute atomic E-state index is 10.9. The molecule has 2 aromatic rings. The summed E-state index contributed by atoms with van der Waals surface area (Å²) in [5.74, 6) is -0.0504. The van der Waals surface area contributed by atoms with Crippen molar-refractivity contribution < 1.29 is 24.9 Å². The van der Waals surface area contributed by atoms with Crippen LogP contribution in [0, 0.1) is 0 Å². The van der Waals surface area contributed by atoms with E-state index in [2.05, 4.69) is 12.6 Å². The highest BCUT2D eigenvalue weighted by atomic mass is 32.1. The van der Waals surface area contributed by atoms with E-state index in [1.54, 1.807) is 30.3 Å². The number of aliphatic hydroxyl groups excluding tert-OH is 2. The molecule has 27 heavy (non-hydrogen) atoms. The van der Waals surface area contributed by atoms with Crippen molar-refractivity contribution >= 4 is 18.6 Å². The average molecular weight is 384 g/mol. The summed E-state index contributed by atoms with van der Waals surface area (Å²) >= 11 is 4.27. The highest BCUT2D eigenvalue weighted by molar-refractivity contribution is 7.81. The van der Waals surface area contributed by atoms with Gasteiger partial charge < -0.3 is 20.1 Å². The summed E-state index contributed by atoms with van der Waals surface area (Å²) in [6.45, 7) is -0.233. The lowest BCUT2D eigenvalue weighted by Gasteiger charge is -2.21. The first-order valence-electron chi connectivity index (χ1n) is 8.50. The van der Waals surface area contributed by atoms with Gasteiger partial charge in [0.05, 0.1) is 10.8 Å². The topological polar surface area (TPSA) is 87.0 Å². The van der Waals surface area contributed by atoms with Crippen molar-refractivity contribution in [2.24, 2.45) is 0 Å². The number of hydrogen-bond donors (Lipinski definition) is 4. The Morgan fingerprint density at radius 2 is 1.59 bits per heavy atom. The van der Waals surface area contributed by atoms with E-state index in [1.165, 1.54) is 0 Å². The minimum Gasteiger partial charge on any atom is -0.507 e. The van der Waals surface area contributed by atoms with E-state index in [9.17, 15) is 15.0 Å². The van der Waals surface area contributed by atoms with Crippen LogP contribution >= 0.6 is 12.6 Å². The fourth-order valence-electron chi connectivity index (χ4n) is 2.86. The van der Waals surface area contributed by atoms with E-state index >= 15 is 0 Å². The van der Waals surface area contributed by atoms with Crippen LogP contribution in [0.15, 0.2) is 71.9 Å². The highest BCUT2D eigenvalue weighted by Crippen LogP contribution is 2.27. The van der Waals surface area contributed by atoms with Gasteiger partial charge in [-0.25, -0.2) is 4.79 Å². The molecule has 0 spiro atoms. The lowest BCUT2D eigenvalue weighted by Crippen LogP contribution is -2.15. The molecule has 140 valence electrons. The Morgan fingerprint density at radius 1 is 1.00 bits per heavy atom. The van der Waals surface area contributed by atoms with E-state index in [1.807, 2.05) is 24.3 Å². The molecule has 0 saturated carbocycles. The van der Waals surface area contributed by atoms with Crippen LogP contribution in [0.25, 0.3) is 11.1 Å². The van der Waals surface area contributed by atoms with Crippen molar-refractivity contribution in [3.63, 3.8) is 0 Å². The number of hydrogen-bond acceptors (Lipinski definition) is 5. The Morgan fingerprint density at radius 3 is 2.15 bits per heavy atom. The number of rotatable bonds is 6. The monoisotopic (exact) mass is 384 g/mol. The second-order valence-electron chi connectivity index (χ2n) is 6.23. The Labute approximate surface area is 162 Å². The lowest BCUT2D eigenvalue weighted by molar-refractivity contribution is 0.0697. The minimum absolute atomic E-state index is 0.0747. The van der Waals surface area contributed by atoms with Crippen LogP contribution in [0.4, 0.5) is 0 Å². The predicted octanol–water partition coefficient (Wildman–Crippen LogP) is 3.96. The van der Waals surface area contributed by atoms with Crippen molar-refractivity contribution in [1.82, 2.24) is 0 Å². The number of benzene rings is 2. The molecule has 6 heteroatoms. The van der Waals surface area contributed by atoms with Gasteiger partial charge in [-0.15, -0.1) is 0 Å². The van der Waals surface area contributed by atoms with Gasteiger partial charge in [-0.3, -0.25) is 0 Å². The van der Waals surface area contributed by atoms with Crippen LogP contribution < -0.4 is 0 Å². The molecule has 1 atom stereocenters. The number of aryl methyl sites for hydroxylation is 1. The Kier molecular flexibility index (Phi) is 5.88. The number of aliphatic hydroxyl groups is 2. The second-order valence-corrected chi connectivity index (χ2v) is 6.78. The third-order valence-corrected chi connectivity index (χ3v) is 4.77. The maximum Gasteiger partial charge on any atom is 0.335 e.